The molecule has 106 valence electrons. The number of hydrogen-bond donors (Lipinski definition) is 2. The van der Waals surface area contributed by atoms with E-state index in [1.807, 2.05) is 13.0 Å². The van der Waals surface area contributed by atoms with Crippen molar-refractivity contribution in [1.82, 2.24) is 4.98 Å². The van der Waals surface area contributed by atoms with E-state index >= 15 is 0 Å². The Balaban J connectivity index is 2.20. The fourth-order valence-electron chi connectivity index (χ4n) is 3.31. The van der Waals surface area contributed by atoms with Crippen molar-refractivity contribution in [2.45, 2.75) is 64.4 Å². The molecule has 2 atom stereocenters. The number of rotatable bonds is 3. The fraction of sp³-hybridized carbons (Fsp3) is 0.688. The number of nitrogen functional groups attached to an aromatic ring is 1. The minimum Gasteiger partial charge on any atom is -0.385 e. The second-order valence-electron chi connectivity index (χ2n) is 6.06. The Labute approximate surface area is 116 Å². The molecule has 1 aromatic rings. The molecule has 0 aromatic carbocycles. The zero-order valence-corrected chi connectivity index (χ0v) is 12.2. The number of nitrogens with two attached hydrogens (primary N) is 1. The molecule has 1 aromatic heterocycles. The summed E-state index contributed by atoms with van der Waals surface area (Å²) in [6.45, 7) is 4.23. The van der Waals surface area contributed by atoms with Crippen LogP contribution in [0, 0.1) is 12.8 Å². The van der Waals surface area contributed by atoms with E-state index < -0.39 is 5.60 Å². The normalized spacial score (nSPS) is 28.1. The summed E-state index contributed by atoms with van der Waals surface area (Å²) in [5, 5.41) is 11.0. The number of aliphatic hydroxyl groups is 1. The van der Waals surface area contributed by atoms with Gasteiger partial charge in [0.2, 0.25) is 0 Å². The number of anilines is 1. The minimum atomic E-state index is -0.772. The van der Waals surface area contributed by atoms with E-state index in [0.717, 1.165) is 42.7 Å². The van der Waals surface area contributed by atoms with Gasteiger partial charge < -0.3 is 10.8 Å². The molecule has 0 aliphatic heterocycles. The first-order chi connectivity index (χ1) is 9.05. The van der Waals surface area contributed by atoms with Crippen LogP contribution >= 0.6 is 0 Å². The molecule has 1 saturated carbocycles. The first kappa shape index (κ1) is 14.3. The van der Waals surface area contributed by atoms with Gasteiger partial charge in [0.25, 0.3) is 0 Å². The maximum absolute atomic E-state index is 11.0. The monoisotopic (exact) mass is 262 g/mol. The molecule has 3 nitrogen and oxygen atoms in total. The quantitative estimate of drug-likeness (QED) is 0.819. The average molecular weight is 262 g/mol. The summed E-state index contributed by atoms with van der Waals surface area (Å²) >= 11 is 0. The Morgan fingerprint density at radius 3 is 2.95 bits per heavy atom. The molecule has 3 heteroatoms. The van der Waals surface area contributed by atoms with Crippen LogP contribution in [0.2, 0.25) is 0 Å². The predicted molar refractivity (Wildman–Crippen MR) is 78.8 cm³/mol. The smallest absolute Gasteiger partial charge is 0.129 e. The average Bonchev–Trinajstić information content (AvgIpc) is 2.56. The zero-order valence-electron chi connectivity index (χ0n) is 12.2. The van der Waals surface area contributed by atoms with Crippen molar-refractivity contribution in [3.05, 3.63) is 23.4 Å². The van der Waals surface area contributed by atoms with Gasteiger partial charge in [0, 0.05) is 11.8 Å². The molecule has 3 N–H and O–H groups in total. The molecular weight excluding hydrogens is 236 g/mol. The Kier molecular flexibility index (Phi) is 4.46. The zero-order chi connectivity index (χ0) is 13.9. The lowest BCUT2D eigenvalue weighted by atomic mass is 9.85. The van der Waals surface area contributed by atoms with Gasteiger partial charge in [-0.15, -0.1) is 0 Å². The van der Waals surface area contributed by atoms with Crippen molar-refractivity contribution in [1.29, 1.82) is 0 Å². The first-order valence-corrected chi connectivity index (χ1v) is 7.50. The van der Waals surface area contributed by atoms with Crippen LogP contribution in [-0.2, 0) is 5.60 Å². The molecule has 0 amide bonds. The third-order valence-electron chi connectivity index (χ3n) is 4.42. The first-order valence-electron chi connectivity index (χ1n) is 7.50. The molecule has 2 rings (SSSR count). The molecule has 1 heterocycles. The lowest BCUT2D eigenvalue weighted by Crippen LogP contribution is -2.26. The lowest BCUT2D eigenvalue weighted by Gasteiger charge is -2.28. The maximum atomic E-state index is 11.0. The standard InChI is InChI=1S/C16H26N2O/c1-3-5-13-6-4-8-16(19,9-7-13)14-10-12(2)11-18-15(14)17/h10-11,13,19H,3-9H2,1-2H3,(H2,17,18). The Morgan fingerprint density at radius 2 is 2.21 bits per heavy atom. The van der Waals surface area contributed by atoms with E-state index in [2.05, 4.69) is 11.9 Å². The summed E-state index contributed by atoms with van der Waals surface area (Å²) in [5.41, 5.74) is 7.11. The van der Waals surface area contributed by atoms with Crippen LogP contribution < -0.4 is 5.73 Å². The van der Waals surface area contributed by atoms with Gasteiger partial charge >= 0.3 is 0 Å². The predicted octanol–water partition coefficient (Wildman–Crippen LogP) is 3.54. The molecule has 0 radical (unpaired) electrons. The SMILES string of the molecule is CCCC1CCCC(O)(c2cc(C)cnc2N)CC1. The number of nitrogens with zero attached hydrogens (tertiary/aromatic N) is 1. The number of aryl methyl sites for hydroxylation is 1. The highest BCUT2D eigenvalue weighted by Crippen LogP contribution is 2.40. The molecule has 0 saturated heterocycles. The second-order valence-corrected chi connectivity index (χ2v) is 6.06. The Bertz CT molecular complexity index is 433. The van der Waals surface area contributed by atoms with Crippen LogP contribution in [0.1, 0.15) is 63.0 Å². The van der Waals surface area contributed by atoms with E-state index in [4.69, 9.17) is 5.73 Å². The van der Waals surface area contributed by atoms with E-state index in [9.17, 15) is 5.11 Å². The summed E-state index contributed by atoms with van der Waals surface area (Å²) < 4.78 is 0. The van der Waals surface area contributed by atoms with Gasteiger partial charge in [0.15, 0.2) is 0 Å². The molecule has 0 bridgehead atoms. The highest BCUT2D eigenvalue weighted by Gasteiger charge is 2.34. The summed E-state index contributed by atoms with van der Waals surface area (Å²) in [5.74, 6) is 1.25. The summed E-state index contributed by atoms with van der Waals surface area (Å²) in [4.78, 5) is 4.20. The van der Waals surface area contributed by atoms with Gasteiger partial charge in [-0.25, -0.2) is 4.98 Å². The summed E-state index contributed by atoms with van der Waals surface area (Å²) in [6.07, 6.45) is 9.30. The van der Waals surface area contributed by atoms with Crippen LogP contribution in [-0.4, -0.2) is 10.1 Å². The second kappa shape index (κ2) is 5.91. The molecule has 19 heavy (non-hydrogen) atoms. The minimum absolute atomic E-state index is 0.488. The Morgan fingerprint density at radius 1 is 1.42 bits per heavy atom. The summed E-state index contributed by atoms with van der Waals surface area (Å²) in [7, 11) is 0. The van der Waals surface area contributed by atoms with Crippen molar-refractivity contribution >= 4 is 5.82 Å². The molecule has 2 unspecified atom stereocenters. The van der Waals surface area contributed by atoms with E-state index in [-0.39, 0.29) is 0 Å². The van der Waals surface area contributed by atoms with Gasteiger partial charge in [0.05, 0.1) is 5.60 Å². The van der Waals surface area contributed by atoms with Gasteiger partial charge in [-0.3, -0.25) is 0 Å². The van der Waals surface area contributed by atoms with Crippen molar-refractivity contribution in [3.8, 4) is 0 Å². The van der Waals surface area contributed by atoms with Crippen LogP contribution in [0.5, 0.6) is 0 Å². The Hall–Kier alpha value is -1.09. The van der Waals surface area contributed by atoms with Crippen LogP contribution in [0.3, 0.4) is 0 Å². The molecule has 1 aliphatic carbocycles. The third-order valence-corrected chi connectivity index (χ3v) is 4.42. The van der Waals surface area contributed by atoms with Crippen molar-refractivity contribution < 1.29 is 5.11 Å². The van der Waals surface area contributed by atoms with E-state index in [1.165, 1.54) is 19.3 Å². The van der Waals surface area contributed by atoms with Gasteiger partial charge in [0.1, 0.15) is 5.82 Å². The highest BCUT2D eigenvalue weighted by molar-refractivity contribution is 5.44. The molecule has 1 fully saturated rings. The van der Waals surface area contributed by atoms with Gasteiger partial charge in [-0.05, 0) is 50.2 Å². The highest BCUT2D eigenvalue weighted by atomic mass is 16.3. The van der Waals surface area contributed by atoms with Crippen LogP contribution in [0.15, 0.2) is 12.3 Å². The van der Waals surface area contributed by atoms with Crippen LogP contribution in [0.4, 0.5) is 5.82 Å². The maximum Gasteiger partial charge on any atom is 0.129 e. The van der Waals surface area contributed by atoms with Gasteiger partial charge in [-0.2, -0.15) is 0 Å². The largest absolute Gasteiger partial charge is 0.385 e. The number of hydrogen-bond acceptors (Lipinski definition) is 3. The number of aromatic nitrogens is 1. The van der Waals surface area contributed by atoms with Crippen molar-refractivity contribution in [2.24, 2.45) is 5.92 Å². The van der Waals surface area contributed by atoms with Gasteiger partial charge in [-0.1, -0.05) is 26.2 Å². The number of pyridine rings is 1. The van der Waals surface area contributed by atoms with E-state index in [1.54, 1.807) is 6.20 Å². The molecule has 1 aliphatic rings. The molecular formula is C16H26N2O. The lowest BCUT2D eigenvalue weighted by molar-refractivity contribution is 0.0200. The van der Waals surface area contributed by atoms with Crippen molar-refractivity contribution in [3.63, 3.8) is 0 Å². The fourth-order valence-corrected chi connectivity index (χ4v) is 3.31. The summed E-state index contributed by atoms with van der Waals surface area (Å²) in [6, 6.07) is 2.00. The topological polar surface area (TPSA) is 59.1 Å². The third kappa shape index (κ3) is 3.27. The van der Waals surface area contributed by atoms with E-state index in [0.29, 0.717) is 5.82 Å². The van der Waals surface area contributed by atoms with Crippen molar-refractivity contribution in [2.75, 3.05) is 5.73 Å². The van der Waals surface area contributed by atoms with Crippen LogP contribution in [0.25, 0.3) is 0 Å². The molecule has 0 spiro atoms.